The van der Waals surface area contributed by atoms with Gasteiger partial charge in [0.1, 0.15) is 11.5 Å². The SMILES string of the molecule is Cc1ccc(Cc2nccc(N)c2N)o1. The van der Waals surface area contributed by atoms with Crippen molar-refractivity contribution in [1.29, 1.82) is 0 Å². The minimum absolute atomic E-state index is 0.534. The van der Waals surface area contributed by atoms with Gasteiger partial charge < -0.3 is 15.9 Å². The number of furan rings is 1. The lowest BCUT2D eigenvalue weighted by Gasteiger charge is -2.04. The first-order valence-electron chi connectivity index (χ1n) is 4.71. The van der Waals surface area contributed by atoms with E-state index in [2.05, 4.69) is 4.98 Å². The second-order valence-corrected chi connectivity index (χ2v) is 3.45. The standard InChI is InChI=1S/C11H13N3O/c1-7-2-3-8(15-7)6-10-11(13)9(12)4-5-14-10/h2-5H,6,13H2,1H3,(H2,12,14). The first kappa shape index (κ1) is 9.58. The number of pyridine rings is 1. The van der Waals surface area contributed by atoms with Gasteiger partial charge in [-0.2, -0.15) is 0 Å². The quantitative estimate of drug-likeness (QED) is 0.779. The summed E-state index contributed by atoms with van der Waals surface area (Å²) in [5.41, 5.74) is 13.3. The van der Waals surface area contributed by atoms with Crippen molar-refractivity contribution in [3.05, 3.63) is 41.6 Å². The summed E-state index contributed by atoms with van der Waals surface area (Å²) in [5, 5.41) is 0. The number of aryl methyl sites for hydroxylation is 1. The summed E-state index contributed by atoms with van der Waals surface area (Å²) in [5.74, 6) is 1.73. The molecule has 0 amide bonds. The molecule has 0 saturated heterocycles. The zero-order valence-corrected chi connectivity index (χ0v) is 8.53. The normalized spacial score (nSPS) is 10.5. The highest BCUT2D eigenvalue weighted by Crippen LogP contribution is 2.20. The molecule has 4 nitrogen and oxygen atoms in total. The van der Waals surface area contributed by atoms with Crippen LogP contribution < -0.4 is 11.5 Å². The van der Waals surface area contributed by atoms with Gasteiger partial charge in [-0.1, -0.05) is 0 Å². The minimum atomic E-state index is 0.534. The lowest BCUT2D eigenvalue weighted by Crippen LogP contribution is -2.02. The van der Waals surface area contributed by atoms with Gasteiger partial charge in [-0.25, -0.2) is 0 Å². The Morgan fingerprint density at radius 3 is 2.73 bits per heavy atom. The van der Waals surface area contributed by atoms with E-state index in [-0.39, 0.29) is 0 Å². The lowest BCUT2D eigenvalue weighted by atomic mass is 10.2. The van der Waals surface area contributed by atoms with Crippen LogP contribution in [0.1, 0.15) is 17.2 Å². The molecule has 0 bridgehead atoms. The molecule has 0 atom stereocenters. The Bertz CT molecular complexity index is 476. The number of rotatable bonds is 2. The third-order valence-electron chi connectivity index (χ3n) is 2.24. The van der Waals surface area contributed by atoms with Crippen molar-refractivity contribution in [1.82, 2.24) is 4.98 Å². The summed E-state index contributed by atoms with van der Waals surface area (Å²) in [6, 6.07) is 5.52. The van der Waals surface area contributed by atoms with Crippen LogP contribution >= 0.6 is 0 Å². The molecule has 0 aliphatic carbocycles. The summed E-state index contributed by atoms with van der Waals surface area (Å²) in [6.45, 7) is 1.90. The van der Waals surface area contributed by atoms with E-state index < -0.39 is 0 Å². The van der Waals surface area contributed by atoms with Crippen LogP contribution in [0.25, 0.3) is 0 Å². The Labute approximate surface area is 87.9 Å². The Hall–Kier alpha value is -1.97. The highest BCUT2D eigenvalue weighted by atomic mass is 16.3. The van der Waals surface area contributed by atoms with Crippen LogP contribution in [-0.2, 0) is 6.42 Å². The molecule has 2 aromatic heterocycles. The number of nitrogen functional groups attached to an aromatic ring is 2. The van der Waals surface area contributed by atoms with Gasteiger partial charge in [0.2, 0.25) is 0 Å². The molecule has 15 heavy (non-hydrogen) atoms. The fraction of sp³-hybridized carbons (Fsp3) is 0.182. The van der Waals surface area contributed by atoms with Gasteiger partial charge in [-0.3, -0.25) is 4.98 Å². The summed E-state index contributed by atoms with van der Waals surface area (Å²) >= 11 is 0. The topological polar surface area (TPSA) is 78.1 Å². The van der Waals surface area contributed by atoms with Crippen LogP contribution in [0, 0.1) is 6.92 Å². The molecule has 0 spiro atoms. The molecule has 2 aromatic rings. The molecule has 2 heterocycles. The Morgan fingerprint density at radius 2 is 2.07 bits per heavy atom. The van der Waals surface area contributed by atoms with Crippen molar-refractivity contribution in [2.24, 2.45) is 0 Å². The van der Waals surface area contributed by atoms with Crippen LogP contribution in [-0.4, -0.2) is 4.98 Å². The predicted molar refractivity (Wildman–Crippen MR) is 59.3 cm³/mol. The molecule has 4 heteroatoms. The minimum Gasteiger partial charge on any atom is -0.466 e. The molecule has 2 rings (SSSR count). The predicted octanol–water partition coefficient (Wildman–Crippen LogP) is 1.74. The van der Waals surface area contributed by atoms with E-state index >= 15 is 0 Å². The van der Waals surface area contributed by atoms with Crippen LogP contribution in [0.2, 0.25) is 0 Å². The maximum Gasteiger partial charge on any atom is 0.110 e. The lowest BCUT2D eigenvalue weighted by molar-refractivity contribution is 0.492. The van der Waals surface area contributed by atoms with Gasteiger partial charge in [-0.15, -0.1) is 0 Å². The molecule has 0 aromatic carbocycles. The van der Waals surface area contributed by atoms with E-state index in [4.69, 9.17) is 15.9 Å². The van der Waals surface area contributed by atoms with Gasteiger partial charge in [-0.05, 0) is 25.1 Å². The Kier molecular flexibility index (Phi) is 2.33. The molecule has 0 saturated carbocycles. The van der Waals surface area contributed by atoms with E-state index in [1.54, 1.807) is 12.3 Å². The fourth-order valence-corrected chi connectivity index (χ4v) is 1.42. The first-order chi connectivity index (χ1) is 7.16. The summed E-state index contributed by atoms with van der Waals surface area (Å²) in [4.78, 5) is 4.18. The smallest absolute Gasteiger partial charge is 0.110 e. The average molecular weight is 203 g/mol. The highest BCUT2D eigenvalue weighted by molar-refractivity contribution is 5.65. The number of aromatic nitrogens is 1. The van der Waals surface area contributed by atoms with E-state index in [1.807, 2.05) is 19.1 Å². The van der Waals surface area contributed by atoms with E-state index in [0.29, 0.717) is 17.8 Å². The van der Waals surface area contributed by atoms with Crippen molar-refractivity contribution in [3.8, 4) is 0 Å². The number of nitrogens with two attached hydrogens (primary N) is 2. The number of anilines is 2. The van der Waals surface area contributed by atoms with Crippen LogP contribution in [0.3, 0.4) is 0 Å². The van der Waals surface area contributed by atoms with E-state index in [1.165, 1.54) is 0 Å². The van der Waals surface area contributed by atoms with Gasteiger partial charge in [0.25, 0.3) is 0 Å². The van der Waals surface area contributed by atoms with Crippen LogP contribution in [0.15, 0.2) is 28.8 Å². The average Bonchev–Trinajstić information content (AvgIpc) is 2.59. The van der Waals surface area contributed by atoms with Crippen molar-refractivity contribution < 1.29 is 4.42 Å². The van der Waals surface area contributed by atoms with Gasteiger partial charge in [0, 0.05) is 6.20 Å². The van der Waals surface area contributed by atoms with Crippen molar-refractivity contribution in [3.63, 3.8) is 0 Å². The molecule has 78 valence electrons. The van der Waals surface area contributed by atoms with Gasteiger partial charge in [0.05, 0.1) is 23.5 Å². The number of hydrogen-bond donors (Lipinski definition) is 2. The summed E-state index contributed by atoms with van der Waals surface area (Å²) in [7, 11) is 0. The largest absolute Gasteiger partial charge is 0.466 e. The molecule has 0 radical (unpaired) electrons. The number of nitrogens with zero attached hydrogens (tertiary/aromatic N) is 1. The van der Waals surface area contributed by atoms with E-state index in [9.17, 15) is 0 Å². The maximum atomic E-state index is 5.81. The zero-order chi connectivity index (χ0) is 10.8. The van der Waals surface area contributed by atoms with Gasteiger partial charge >= 0.3 is 0 Å². The Morgan fingerprint density at radius 1 is 1.27 bits per heavy atom. The van der Waals surface area contributed by atoms with Crippen molar-refractivity contribution >= 4 is 11.4 Å². The van der Waals surface area contributed by atoms with Crippen LogP contribution in [0.5, 0.6) is 0 Å². The highest BCUT2D eigenvalue weighted by Gasteiger charge is 2.07. The fourth-order valence-electron chi connectivity index (χ4n) is 1.42. The zero-order valence-electron chi connectivity index (χ0n) is 8.53. The molecule has 0 aliphatic rings. The number of hydrogen-bond acceptors (Lipinski definition) is 4. The van der Waals surface area contributed by atoms with E-state index in [0.717, 1.165) is 17.2 Å². The Balaban J connectivity index is 2.28. The molecular formula is C11H13N3O. The second kappa shape index (κ2) is 3.65. The third-order valence-corrected chi connectivity index (χ3v) is 2.24. The molecule has 4 N–H and O–H groups in total. The summed E-state index contributed by atoms with van der Waals surface area (Å²) < 4.78 is 5.45. The van der Waals surface area contributed by atoms with Crippen LogP contribution in [0.4, 0.5) is 11.4 Å². The molecule has 0 unspecified atom stereocenters. The third kappa shape index (κ3) is 1.93. The molecule has 0 aliphatic heterocycles. The first-order valence-corrected chi connectivity index (χ1v) is 4.71. The van der Waals surface area contributed by atoms with Crippen molar-refractivity contribution in [2.75, 3.05) is 11.5 Å². The second-order valence-electron chi connectivity index (χ2n) is 3.45. The molecule has 0 fully saturated rings. The van der Waals surface area contributed by atoms with Crippen molar-refractivity contribution in [2.45, 2.75) is 13.3 Å². The van der Waals surface area contributed by atoms with Gasteiger partial charge in [0.15, 0.2) is 0 Å². The maximum absolute atomic E-state index is 5.81. The monoisotopic (exact) mass is 203 g/mol. The summed E-state index contributed by atoms with van der Waals surface area (Å²) in [6.07, 6.45) is 2.22. The molecular weight excluding hydrogens is 190 g/mol.